The molecule has 332 valence electrons. The average molecular weight is 883 g/mol. The summed E-state index contributed by atoms with van der Waals surface area (Å²) < 4.78 is 27.1. The first-order chi connectivity index (χ1) is 29.9. The molecule has 2 saturated carbocycles. The van der Waals surface area contributed by atoms with Crippen molar-refractivity contribution in [2.75, 3.05) is 19.0 Å². The average Bonchev–Trinajstić information content (AvgIpc) is 3.66. The van der Waals surface area contributed by atoms with Crippen molar-refractivity contribution in [3.05, 3.63) is 65.5 Å². The van der Waals surface area contributed by atoms with Gasteiger partial charge in [-0.3, -0.25) is 18.9 Å². The van der Waals surface area contributed by atoms with E-state index >= 15 is 4.79 Å². The van der Waals surface area contributed by atoms with E-state index in [1.165, 1.54) is 11.3 Å². The summed E-state index contributed by atoms with van der Waals surface area (Å²) in [4.78, 5) is 67.1. The van der Waals surface area contributed by atoms with Gasteiger partial charge in [-0.2, -0.15) is 0 Å². The number of carbonyl (C=O) groups is 3. The second kappa shape index (κ2) is 19.3. The van der Waals surface area contributed by atoms with Crippen LogP contribution in [0.4, 0.5) is 5.13 Å². The highest BCUT2D eigenvalue weighted by molar-refractivity contribution is 7.59. The fourth-order valence-electron chi connectivity index (χ4n) is 10.5. The molecular weight excluding hydrogens is 820 g/mol. The highest BCUT2D eigenvalue weighted by Gasteiger charge is 2.65. The number of anilines is 1. The van der Waals surface area contributed by atoms with Crippen LogP contribution in [0.3, 0.4) is 0 Å². The minimum atomic E-state index is -3.87. The maximum atomic E-state index is 15.0. The van der Waals surface area contributed by atoms with E-state index in [2.05, 4.69) is 19.2 Å². The third-order valence-electron chi connectivity index (χ3n) is 13.9. The van der Waals surface area contributed by atoms with Crippen LogP contribution in [-0.4, -0.2) is 74.2 Å². The first-order valence-electron chi connectivity index (χ1n) is 23.0. The third kappa shape index (κ3) is 10.1. The number of fused-ring (bicyclic) bond motifs is 3. The largest absolute Gasteiger partial charge is 0.497 e. The van der Waals surface area contributed by atoms with E-state index in [-0.39, 0.29) is 61.4 Å². The molecule has 4 aromatic rings. The summed E-state index contributed by atoms with van der Waals surface area (Å²) in [5.74, 6) is 0.764. The fraction of sp³-hybridized carbons (Fsp3) is 0.571. The molecule has 6 atom stereocenters. The fourth-order valence-corrected chi connectivity index (χ4v) is 14.0. The predicted molar refractivity (Wildman–Crippen MR) is 245 cm³/mol. The van der Waals surface area contributed by atoms with Crippen molar-refractivity contribution >= 4 is 52.2 Å². The first kappa shape index (κ1) is 44.5. The zero-order chi connectivity index (χ0) is 43.4. The van der Waals surface area contributed by atoms with Crippen LogP contribution in [0.5, 0.6) is 11.5 Å². The van der Waals surface area contributed by atoms with E-state index in [1.54, 1.807) is 12.0 Å². The van der Waals surface area contributed by atoms with Crippen molar-refractivity contribution in [2.45, 2.75) is 146 Å². The second-order valence-corrected chi connectivity index (χ2v) is 22.3. The highest BCUT2D eigenvalue weighted by Crippen LogP contribution is 2.75. The number of hydrogen-bond donors (Lipinski definition) is 2. The van der Waals surface area contributed by atoms with Crippen LogP contribution in [0.2, 0.25) is 0 Å². The second-order valence-electron chi connectivity index (χ2n) is 18.8. The molecule has 2 aromatic carbocycles. The first-order valence-corrected chi connectivity index (χ1v) is 25.7. The lowest BCUT2D eigenvalue weighted by atomic mass is 9.89. The van der Waals surface area contributed by atoms with Gasteiger partial charge in [0.05, 0.1) is 42.2 Å². The minimum absolute atomic E-state index is 0.0120. The maximum Gasteiger partial charge on any atom is 0.226 e. The van der Waals surface area contributed by atoms with Gasteiger partial charge >= 0.3 is 0 Å². The molecule has 2 saturated heterocycles. The highest BCUT2D eigenvalue weighted by atomic mass is 32.1. The van der Waals surface area contributed by atoms with Crippen molar-refractivity contribution in [1.29, 1.82) is 0 Å². The molecule has 0 radical (unpaired) electrons. The van der Waals surface area contributed by atoms with Crippen molar-refractivity contribution in [2.24, 2.45) is 17.8 Å². The number of carbonyl (C=O) groups excluding carboxylic acids is 3. The van der Waals surface area contributed by atoms with Crippen molar-refractivity contribution in [3.63, 3.8) is 0 Å². The van der Waals surface area contributed by atoms with E-state index in [0.717, 1.165) is 80.3 Å². The number of benzene rings is 2. The van der Waals surface area contributed by atoms with Crippen molar-refractivity contribution < 1.29 is 33.3 Å². The van der Waals surface area contributed by atoms with E-state index in [4.69, 9.17) is 19.4 Å². The topological polar surface area (TPSA) is 148 Å². The van der Waals surface area contributed by atoms with Crippen LogP contribution < -0.4 is 14.8 Å². The summed E-state index contributed by atoms with van der Waals surface area (Å²) in [5, 5.41) is 5.83. The van der Waals surface area contributed by atoms with Crippen LogP contribution in [0, 0.1) is 17.8 Å². The molecule has 8 rings (SSSR count). The Morgan fingerprint density at radius 3 is 2.45 bits per heavy atom. The number of ketones is 2. The summed E-state index contributed by atoms with van der Waals surface area (Å²) in [5.41, 5.74) is 2.75. The summed E-state index contributed by atoms with van der Waals surface area (Å²) in [6.45, 7) is 4.28. The number of methoxy groups -OCH3 is 1. The quantitative estimate of drug-likeness (QED) is 0.124. The molecule has 4 heterocycles. The zero-order valence-corrected chi connectivity index (χ0v) is 38.3. The van der Waals surface area contributed by atoms with Crippen LogP contribution in [-0.2, 0) is 25.1 Å². The van der Waals surface area contributed by atoms with E-state index < -0.39 is 30.6 Å². The number of rotatable bonds is 13. The lowest BCUT2D eigenvalue weighted by Gasteiger charge is -2.30. The molecule has 2 aliphatic carbocycles. The molecule has 2 N–H and O–H groups in total. The molecule has 11 nitrogen and oxygen atoms in total. The molecule has 0 bridgehead atoms. The van der Waals surface area contributed by atoms with Gasteiger partial charge in [-0.25, -0.2) is 9.97 Å². The van der Waals surface area contributed by atoms with Gasteiger partial charge in [-0.1, -0.05) is 88.1 Å². The molecule has 4 fully saturated rings. The number of Topliss-reactive ketones (excluding diaryl/α,β-unsaturated/α-hetero) is 2. The lowest BCUT2D eigenvalue weighted by molar-refractivity contribution is -0.143. The standard InChI is InChI=1S/C49H63N4O7PS/c1-32(2)50-48-52-43(31-62-48)42-26-46(40-21-20-38(59-3)24-41(40)51-42)60-39-25-44-45(55)28-49(61(57,58)30-34-16-8-7-9-17-34)27-36(49)19-11-6-4-5-10-18-35(47(56)53(44)29-39)23-37(54)22-33-14-12-13-15-33/h7-9,16-17,20-21,24,26,31-33,35-36,39,44H,4-6,10-15,18-19,22-23,25,27-30H2,1-3H3,(H,50,52)(H,57,58)/t35?,36-,39-,44+,49-/m1/s1. The van der Waals surface area contributed by atoms with E-state index in [1.807, 2.05) is 60.0 Å². The number of ether oxygens (including phenoxy) is 2. The summed E-state index contributed by atoms with van der Waals surface area (Å²) in [6.07, 6.45) is 11.4. The third-order valence-corrected chi connectivity index (χ3v) is 17.6. The van der Waals surface area contributed by atoms with Gasteiger partial charge in [0, 0.05) is 60.5 Å². The van der Waals surface area contributed by atoms with Crippen molar-refractivity contribution in [1.82, 2.24) is 14.9 Å². The van der Waals surface area contributed by atoms with E-state index in [0.29, 0.717) is 53.6 Å². The number of nitrogens with zero attached hydrogens (tertiary/aromatic N) is 3. The number of thiazole rings is 1. The monoisotopic (exact) mass is 882 g/mol. The molecule has 2 unspecified atom stereocenters. The normalized spacial score (nSPS) is 26.0. The summed E-state index contributed by atoms with van der Waals surface area (Å²) in [7, 11) is -2.26. The SMILES string of the molecule is COc1ccc2c(O[C@@H]3C[C@H]4C(=O)C[C@]5(P(=O)(O)Cc6ccccc6)C[C@H]5CCCCCCCC(CC(=O)CC5CCCC5)C(=O)N4C3)cc(-c3csc(NC(C)C)n3)nc2c1. The number of aromatic nitrogens is 2. The van der Waals surface area contributed by atoms with Gasteiger partial charge < -0.3 is 24.6 Å². The maximum absolute atomic E-state index is 15.0. The van der Waals surface area contributed by atoms with Gasteiger partial charge in [-0.05, 0) is 62.6 Å². The van der Waals surface area contributed by atoms with Crippen LogP contribution >= 0.6 is 18.7 Å². The molecule has 13 heteroatoms. The Morgan fingerprint density at radius 1 is 0.952 bits per heavy atom. The van der Waals surface area contributed by atoms with Crippen LogP contribution in [0.25, 0.3) is 22.3 Å². The Balaban J connectivity index is 1.12. The van der Waals surface area contributed by atoms with E-state index in [9.17, 15) is 19.0 Å². The Morgan fingerprint density at radius 2 is 1.69 bits per heavy atom. The lowest BCUT2D eigenvalue weighted by Crippen LogP contribution is -2.45. The summed E-state index contributed by atoms with van der Waals surface area (Å²) >= 11 is 1.50. The molecule has 2 aliphatic heterocycles. The molecule has 2 aromatic heterocycles. The Labute approximate surface area is 370 Å². The number of pyridine rings is 1. The van der Waals surface area contributed by atoms with Gasteiger partial charge in [0.2, 0.25) is 13.3 Å². The van der Waals surface area contributed by atoms with Gasteiger partial charge in [-0.15, -0.1) is 11.3 Å². The predicted octanol–water partition coefficient (Wildman–Crippen LogP) is 10.6. The Hall–Kier alpha value is -4.12. The number of amides is 1. The Kier molecular flexibility index (Phi) is 13.9. The smallest absolute Gasteiger partial charge is 0.226 e. The van der Waals surface area contributed by atoms with Crippen LogP contribution in [0.15, 0.2) is 60.0 Å². The van der Waals surface area contributed by atoms with Crippen molar-refractivity contribution in [3.8, 4) is 22.9 Å². The number of hydrogen-bond acceptors (Lipinski definition) is 10. The number of nitrogens with one attached hydrogen (secondary N) is 1. The minimum Gasteiger partial charge on any atom is -0.497 e. The molecule has 0 spiro atoms. The molecular formula is C49H63N4O7PS. The molecule has 62 heavy (non-hydrogen) atoms. The van der Waals surface area contributed by atoms with Gasteiger partial charge in [0.1, 0.15) is 29.1 Å². The zero-order valence-electron chi connectivity index (χ0n) is 36.6. The van der Waals surface area contributed by atoms with Gasteiger partial charge in [0.25, 0.3) is 0 Å². The summed E-state index contributed by atoms with van der Waals surface area (Å²) in [6, 6.07) is 16.3. The molecule has 1 amide bonds. The van der Waals surface area contributed by atoms with Crippen LogP contribution in [0.1, 0.15) is 122 Å². The molecule has 4 aliphatic rings. The van der Waals surface area contributed by atoms with Gasteiger partial charge in [0.15, 0.2) is 10.9 Å². The Bertz CT molecular complexity index is 2280.